The summed E-state index contributed by atoms with van der Waals surface area (Å²) in [6, 6.07) is 1.23. The van der Waals surface area contributed by atoms with Crippen molar-refractivity contribution >= 4 is 13.5 Å². The summed E-state index contributed by atoms with van der Waals surface area (Å²) in [4.78, 5) is 5.40. The second-order valence-corrected chi connectivity index (χ2v) is 13.7. The van der Waals surface area contributed by atoms with Crippen molar-refractivity contribution in [2.45, 2.75) is 128 Å². The maximum absolute atomic E-state index is 5.40. The lowest BCUT2D eigenvalue weighted by molar-refractivity contribution is 0.410. The van der Waals surface area contributed by atoms with E-state index in [2.05, 4.69) is 46.9 Å². The minimum absolute atomic E-state index is 0.294. The van der Waals surface area contributed by atoms with E-state index in [4.69, 9.17) is 4.99 Å². The third kappa shape index (κ3) is 6.01. The van der Waals surface area contributed by atoms with E-state index in [0.29, 0.717) is 22.4 Å². The first-order valence-electron chi connectivity index (χ1n) is 10.3. The van der Waals surface area contributed by atoms with Gasteiger partial charge in [-0.1, -0.05) is 80.1 Å². The number of hydrogen-bond acceptors (Lipinski definition) is 1. The van der Waals surface area contributed by atoms with Gasteiger partial charge in [-0.2, -0.15) is 0 Å². The Morgan fingerprint density at radius 1 is 0.750 bits per heavy atom. The van der Waals surface area contributed by atoms with Crippen LogP contribution in [0.25, 0.3) is 0 Å². The molecule has 0 radical (unpaired) electrons. The molecule has 2 saturated carbocycles. The summed E-state index contributed by atoms with van der Waals surface area (Å²) in [5.41, 5.74) is 1.39. The lowest BCUT2D eigenvalue weighted by atomic mass is 9.95. The monoisotopic (exact) mass is 352 g/mol. The molecule has 2 rings (SSSR count). The van der Waals surface area contributed by atoms with Crippen LogP contribution in [-0.2, 0) is 0 Å². The van der Waals surface area contributed by atoms with Gasteiger partial charge < -0.3 is 5.32 Å². The summed E-state index contributed by atoms with van der Waals surface area (Å²) in [5, 5.41) is 4.58. The van der Waals surface area contributed by atoms with Crippen LogP contribution in [0.4, 0.5) is 0 Å². The molecule has 140 valence electrons. The molecular weight excluding hydrogens is 311 g/mol. The predicted octanol–water partition coefficient (Wildman–Crippen LogP) is 6.68. The van der Waals surface area contributed by atoms with Gasteiger partial charge in [-0.05, 0) is 43.9 Å². The summed E-state index contributed by atoms with van der Waals surface area (Å²) >= 11 is 0. The Balaban J connectivity index is 2.26. The van der Waals surface area contributed by atoms with Gasteiger partial charge in [0.1, 0.15) is 5.58 Å². The number of rotatable bonds is 3. The van der Waals surface area contributed by atoms with Crippen LogP contribution in [0.5, 0.6) is 0 Å². The zero-order chi connectivity index (χ0) is 17.8. The first-order chi connectivity index (χ1) is 11.2. The van der Waals surface area contributed by atoms with E-state index in [0.717, 1.165) is 0 Å². The quantitative estimate of drug-likeness (QED) is 0.342. The van der Waals surface area contributed by atoms with Crippen LogP contribution in [0.3, 0.4) is 0 Å². The standard InChI is InChI=1S/C21H41N2P/c1-20(2,3)24(21(4,5)6)19(22-17-13-9-7-10-14-17)23-18-15-11-8-12-16-18/h17-18H,7-16H2,1-6H3,(H,22,23). The fraction of sp³-hybridized carbons (Fsp3) is 0.952. The number of aliphatic imine (C=N–C) groups is 1. The van der Waals surface area contributed by atoms with E-state index in [1.54, 1.807) is 0 Å². The number of hydrogen-bond donors (Lipinski definition) is 1. The van der Waals surface area contributed by atoms with Crippen molar-refractivity contribution in [2.24, 2.45) is 4.99 Å². The van der Waals surface area contributed by atoms with Crippen molar-refractivity contribution < 1.29 is 0 Å². The molecule has 0 aromatic carbocycles. The lowest BCUT2D eigenvalue weighted by Gasteiger charge is -2.43. The average Bonchev–Trinajstić information content (AvgIpc) is 2.46. The molecule has 0 aromatic heterocycles. The van der Waals surface area contributed by atoms with E-state index < -0.39 is 0 Å². The van der Waals surface area contributed by atoms with Gasteiger partial charge in [0.2, 0.25) is 0 Å². The Bertz CT molecular complexity index is 391. The molecule has 0 amide bonds. The van der Waals surface area contributed by atoms with Gasteiger partial charge in [0.25, 0.3) is 0 Å². The van der Waals surface area contributed by atoms with Crippen molar-refractivity contribution in [2.75, 3.05) is 0 Å². The fourth-order valence-electron chi connectivity index (χ4n) is 4.61. The third-order valence-corrected chi connectivity index (χ3v) is 8.72. The SMILES string of the molecule is CC(C)(C)P(/C(=N\C1CCCCC1)NC1CCCCC1)C(C)(C)C. The van der Waals surface area contributed by atoms with E-state index in [9.17, 15) is 0 Å². The van der Waals surface area contributed by atoms with Gasteiger partial charge in [0.15, 0.2) is 0 Å². The smallest absolute Gasteiger partial charge is 0.121 e. The van der Waals surface area contributed by atoms with Gasteiger partial charge in [-0.15, -0.1) is 0 Å². The molecule has 0 aliphatic heterocycles. The van der Waals surface area contributed by atoms with Gasteiger partial charge in [-0.3, -0.25) is 4.99 Å². The molecule has 0 heterocycles. The van der Waals surface area contributed by atoms with Gasteiger partial charge in [0.05, 0.1) is 6.04 Å². The molecule has 0 bridgehead atoms. The molecule has 2 fully saturated rings. The number of amidine groups is 1. The molecule has 0 unspecified atom stereocenters. The second-order valence-electron chi connectivity index (χ2n) is 9.90. The summed E-state index contributed by atoms with van der Waals surface area (Å²) in [6.45, 7) is 14.5. The zero-order valence-electron chi connectivity index (χ0n) is 17.1. The van der Waals surface area contributed by atoms with Crippen LogP contribution >= 0.6 is 7.92 Å². The van der Waals surface area contributed by atoms with Crippen molar-refractivity contribution in [1.82, 2.24) is 5.32 Å². The summed E-state index contributed by atoms with van der Waals surface area (Å²) in [6.07, 6.45) is 13.6. The minimum Gasteiger partial charge on any atom is -0.367 e. The molecule has 0 atom stereocenters. The largest absolute Gasteiger partial charge is 0.367 e. The molecule has 0 saturated heterocycles. The van der Waals surface area contributed by atoms with Crippen LogP contribution in [0.2, 0.25) is 0 Å². The molecule has 0 aromatic rings. The Morgan fingerprint density at radius 2 is 1.21 bits per heavy atom. The molecule has 2 aliphatic carbocycles. The molecule has 24 heavy (non-hydrogen) atoms. The minimum atomic E-state index is -0.317. The van der Waals surface area contributed by atoms with Gasteiger partial charge in [-0.25, -0.2) is 0 Å². The molecule has 1 N–H and O–H groups in total. The van der Waals surface area contributed by atoms with Crippen molar-refractivity contribution in [3.8, 4) is 0 Å². The van der Waals surface area contributed by atoms with Crippen molar-refractivity contribution in [3.63, 3.8) is 0 Å². The van der Waals surface area contributed by atoms with E-state index in [1.807, 2.05) is 0 Å². The van der Waals surface area contributed by atoms with Crippen LogP contribution in [0, 0.1) is 0 Å². The highest BCUT2D eigenvalue weighted by Crippen LogP contribution is 2.60. The highest BCUT2D eigenvalue weighted by molar-refractivity contribution is 7.77. The predicted molar refractivity (Wildman–Crippen MR) is 111 cm³/mol. The Kier molecular flexibility index (Phi) is 7.18. The Labute approximate surface area is 152 Å². The average molecular weight is 353 g/mol. The fourth-order valence-corrected chi connectivity index (χ4v) is 8.49. The van der Waals surface area contributed by atoms with Crippen LogP contribution < -0.4 is 5.32 Å². The summed E-state index contributed by atoms with van der Waals surface area (Å²) < 4.78 is 0. The maximum atomic E-state index is 5.40. The van der Waals surface area contributed by atoms with Crippen LogP contribution in [-0.4, -0.2) is 28.0 Å². The van der Waals surface area contributed by atoms with Crippen LogP contribution in [0.15, 0.2) is 4.99 Å². The molecule has 0 spiro atoms. The number of nitrogens with one attached hydrogen (secondary N) is 1. The molecule has 2 nitrogen and oxygen atoms in total. The van der Waals surface area contributed by atoms with Gasteiger partial charge >= 0.3 is 0 Å². The Hall–Kier alpha value is -0.100. The van der Waals surface area contributed by atoms with E-state index >= 15 is 0 Å². The molecule has 3 heteroatoms. The van der Waals surface area contributed by atoms with E-state index in [-0.39, 0.29) is 7.92 Å². The van der Waals surface area contributed by atoms with Crippen molar-refractivity contribution in [3.05, 3.63) is 0 Å². The molecule has 2 aliphatic rings. The first-order valence-corrected chi connectivity index (χ1v) is 11.7. The second kappa shape index (κ2) is 8.52. The van der Waals surface area contributed by atoms with Crippen LogP contribution in [0.1, 0.15) is 106 Å². The lowest BCUT2D eigenvalue weighted by Crippen LogP contribution is -2.42. The highest BCUT2D eigenvalue weighted by atomic mass is 31.1. The first kappa shape index (κ1) is 20.2. The number of nitrogens with zero attached hydrogens (tertiary/aromatic N) is 1. The normalized spacial score (nSPS) is 22.9. The molecular formula is C21H41N2P. The summed E-state index contributed by atoms with van der Waals surface area (Å²) in [5.74, 6) is 0. The van der Waals surface area contributed by atoms with E-state index in [1.165, 1.54) is 69.8 Å². The Morgan fingerprint density at radius 3 is 1.67 bits per heavy atom. The maximum Gasteiger partial charge on any atom is 0.121 e. The topological polar surface area (TPSA) is 24.4 Å². The highest BCUT2D eigenvalue weighted by Gasteiger charge is 2.39. The van der Waals surface area contributed by atoms with Gasteiger partial charge in [0, 0.05) is 6.04 Å². The third-order valence-electron chi connectivity index (χ3n) is 5.37. The summed E-state index contributed by atoms with van der Waals surface area (Å²) in [7, 11) is -0.317. The zero-order valence-corrected chi connectivity index (χ0v) is 18.0. The van der Waals surface area contributed by atoms with Crippen molar-refractivity contribution in [1.29, 1.82) is 0 Å².